The molecule has 1 saturated heterocycles. The second-order valence-electron chi connectivity index (χ2n) is 6.76. The van der Waals surface area contributed by atoms with Gasteiger partial charge in [-0.15, -0.1) is 0 Å². The number of halogens is 1. The topological polar surface area (TPSA) is 57.7 Å². The Kier molecular flexibility index (Phi) is 7.92. The van der Waals surface area contributed by atoms with Gasteiger partial charge in [0.2, 0.25) is 10.0 Å². The summed E-state index contributed by atoms with van der Waals surface area (Å²) in [4.78, 5) is 14.8. The number of benzene rings is 1. The Morgan fingerprint density at radius 1 is 1.12 bits per heavy atom. The van der Waals surface area contributed by atoms with Gasteiger partial charge in [0.15, 0.2) is 0 Å². The average molecular weight is 401 g/mol. The van der Waals surface area contributed by atoms with Crippen molar-refractivity contribution in [2.75, 3.05) is 26.2 Å². The van der Waals surface area contributed by atoms with Gasteiger partial charge in [0, 0.05) is 31.7 Å². The van der Waals surface area contributed by atoms with Crippen molar-refractivity contribution in [1.29, 1.82) is 0 Å². The number of carbonyl (C=O) groups is 1. The molecule has 1 fully saturated rings. The molecule has 0 atom stereocenters. The first-order valence-corrected chi connectivity index (χ1v) is 11.3. The van der Waals surface area contributed by atoms with Crippen LogP contribution in [-0.4, -0.2) is 49.7 Å². The Morgan fingerprint density at radius 2 is 1.69 bits per heavy atom. The van der Waals surface area contributed by atoms with Crippen LogP contribution in [0, 0.1) is 0 Å². The third-order valence-electron chi connectivity index (χ3n) is 4.71. The predicted molar refractivity (Wildman–Crippen MR) is 105 cm³/mol. The van der Waals surface area contributed by atoms with E-state index in [2.05, 4.69) is 13.8 Å². The Bertz CT molecular complexity index is 707. The molecule has 1 aromatic rings. The highest BCUT2D eigenvalue weighted by Crippen LogP contribution is 2.28. The van der Waals surface area contributed by atoms with Crippen LogP contribution in [0.15, 0.2) is 23.1 Å². The molecule has 5 nitrogen and oxygen atoms in total. The van der Waals surface area contributed by atoms with Gasteiger partial charge >= 0.3 is 0 Å². The fourth-order valence-corrected chi connectivity index (χ4v) is 5.11. The van der Waals surface area contributed by atoms with Crippen molar-refractivity contribution in [2.24, 2.45) is 0 Å². The van der Waals surface area contributed by atoms with E-state index >= 15 is 0 Å². The quantitative estimate of drug-likeness (QED) is 0.625. The van der Waals surface area contributed by atoms with Crippen molar-refractivity contribution in [3.63, 3.8) is 0 Å². The molecular formula is C19H29ClN2O3S. The lowest BCUT2D eigenvalue weighted by Crippen LogP contribution is -2.33. The summed E-state index contributed by atoms with van der Waals surface area (Å²) in [6.45, 7) is 6.57. The standard InChI is InChI=1S/C19H29ClN2O3S/c1-3-5-11-21(12-6-4-2)19(23)16-9-10-17(20)18(15-16)26(24,25)22-13-7-8-14-22/h9-10,15H,3-8,11-14H2,1-2H3. The van der Waals surface area contributed by atoms with Crippen LogP contribution < -0.4 is 0 Å². The van der Waals surface area contributed by atoms with Crippen LogP contribution in [0.3, 0.4) is 0 Å². The summed E-state index contributed by atoms with van der Waals surface area (Å²) in [6.07, 6.45) is 5.59. The Morgan fingerprint density at radius 3 is 2.23 bits per heavy atom. The minimum absolute atomic E-state index is 0.0397. The zero-order chi connectivity index (χ0) is 19.2. The summed E-state index contributed by atoms with van der Waals surface area (Å²) in [6, 6.07) is 4.59. The first-order valence-electron chi connectivity index (χ1n) is 9.50. The first kappa shape index (κ1) is 21.2. The molecule has 7 heteroatoms. The largest absolute Gasteiger partial charge is 0.339 e. The highest BCUT2D eigenvalue weighted by molar-refractivity contribution is 7.89. The van der Waals surface area contributed by atoms with Crippen LogP contribution in [-0.2, 0) is 10.0 Å². The predicted octanol–water partition coefficient (Wildman–Crippen LogP) is 4.17. The minimum atomic E-state index is -3.65. The summed E-state index contributed by atoms with van der Waals surface area (Å²) < 4.78 is 27.2. The Balaban J connectivity index is 2.30. The van der Waals surface area contributed by atoms with E-state index in [-0.39, 0.29) is 15.8 Å². The molecule has 2 rings (SSSR count). The molecule has 0 bridgehead atoms. The fourth-order valence-electron chi connectivity index (χ4n) is 3.10. The lowest BCUT2D eigenvalue weighted by Gasteiger charge is -2.23. The second kappa shape index (κ2) is 9.72. The lowest BCUT2D eigenvalue weighted by atomic mass is 10.1. The van der Waals surface area contributed by atoms with E-state index in [1.165, 1.54) is 16.4 Å². The molecule has 1 aliphatic heterocycles. The third kappa shape index (κ3) is 4.99. The van der Waals surface area contributed by atoms with Gasteiger partial charge in [-0.3, -0.25) is 4.79 Å². The van der Waals surface area contributed by atoms with E-state index in [9.17, 15) is 13.2 Å². The van der Waals surface area contributed by atoms with Gasteiger partial charge in [0.1, 0.15) is 4.90 Å². The summed E-state index contributed by atoms with van der Waals surface area (Å²) in [5, 5.41) is 0.169. The number of rotatable bonds is 9. The Labute approximate surface area is 162 Å². The summed E-state index contributed by atoms with van der Waals surface area (Å²) in [5.41, 5.74) is 0.388. The minimum Gasteiger partial charge on any atom is -0.339 e. The average Bonchev–Trinajstić information content (AvgIpc) is 3.17. The molecule has 1 amide bonds. The van der Waals surface area contributed by atoms with Crippen molar-refractivity contribution in [1.82, 2.24) is 9.21 Å². The molecule has 0 N–H and O–H groups in total. The molecule has 0 unspecified atom stereocenters. The molecule has 0 saturated carbocycles. The number of nitrogens with zero attached hydrogens (tertiary/aromatic N) is 2. The van der Waals surface area contributed by atoms with Gasteiger partial charge in [-0.05, 0) is 43.9 Å². The van der Waals surface area contributed by atoms with Crippen LogP contribution in [0.1, 0.15) is 62.7 Å². The van der Waals surface area contributed by atoms with Gasteiger partial charge in [-0.2, -0.15) is 4.31 Å². The van der Waals surface area contributed by atoms with Gasteiger partial charge in [-0.25, -0.2) is 8.42 Å². The van der Waals surface area contributed by atoms with Crippen LogP contribution in [0.2, 0.25) is 5.02 Å². The maximum Gasteiger partial charge on any atom is 0.253 e. The normalized spacial score (nSPS) is 15.3. The number of unbranched alkanes of at least 4 members (excludes halogenated alkanes) is 2. The van der Waals surface area contributed by atoms with Gasteiger partial charge < -0.3 is 4.90 Å². The molecule has 0 radical (unpaired) electrons. The van der Waals surface area contributed by atoms with E-state index < -0.39 is 10.0 Å². The molecule has 1 heterocycles. The molecule has 26 heavy (non-hydrogen) atoms. The maximum absolute atomic E-state index is 12.9. The smallest absolute Gasteiger partial charge is 0.253 e. The maximum atomic E-state index is 12.9. The zero-order valence-electron chi connectivity index (χ0n) is 15.7. The molecule has 1 aliphatic rings. The number of hydrogen-bond donors (Lipinski definition) is 0. The second-order valence-corrected chi connectivity index (χ2v) is 9.07. The van der Waals surface area contributed by atoms with Crippen molar-refractivity contribution >= 4 is 27.5 Å². The third-order valence-corrected chi connectivity index (χ3v) is 7.09. The van der Waals surface area contributed by atoms with Crippen LogP contribution >= 0.6 is 11.6 Å². The summed E-state index contributed by atoms with van der Waals surface area (Å²) >= 11 is 6.18. The monoisotopic (exact) mass is 400 g/mol. The first-order chi connectivity index (χ1) is 12.4. The van der Waals surface area contributed by atoms with E-state index in [1.54, 1.807) is 6.07 Å². The van der Waals surface area contributed by atoms with E-state index in [0.29, 0.717) is 31.7 Å². The van der Waals surface area contributed by atoms with Crippen LogP contribution in [0.4, 0.5) is 0 Å². The van der Waals surface area contributed by atoms with Crippen molar-refractivity contribution in [3.8, 4) is 0 Å². The molecule has 0 aromatic heterocycles. The molecule has 0 spiro atoms. The molecule has 146 valence electrons. The number of sulfonamides is 1. The Hall–Kier alpha value is -1.11. The van der Waals surface area contributed by atoms with Crippen molar-refractivity contribution < 1.29 is 13.2 Å². The zero-order valence-corrected chi connectivity index (χ0v) is 17.3. The van der Waals surface area contributed by atoms with Gasteiger partial charge in [-0.1, -0.05) is 38.3 Å². The fraction of sp³-hybridized carbons (Fsp3) is 0.632. The van der Waals surface area contributed by atoms with Crippen LogP contribution in [0.5, 0.6) is 0 Å². The van der Waals surface area contributed by atoms with Crippen LogP contribution in [0.25, 0.3) is 0 Å². The van der Waals surface area contributed by atoms with E-state index in [1.807, 2.05) is 4.90 Å². The number of amides is 1. The molecule has 0 aliphatic carbocycles. The molecule has 1 aromatic carbocycles. The lowest BCUT2D eigenvalue weighted by molar-refractivity contribution is 0.0751. The highest BCUT2D eigenvalue weighted by Gasteiger charge is 2.30. The highest BCUT2D eigenvalue weighted by atomic mass is 35.5. The number of hydrogen-bond acceptors (Lipinski definition) is 3. The summed E-state index contributed by atoms with van der Waals surface area (Å²) in [5.74, 6) is -0.124. The SMILES string of the molecule is CCCCN(CCCC)C(=O)c1ccc(Cl)c(S(=O)(=O)N2CCCC2)c1. The molecular weight excluding hydrogens is 372 g/mol. The summed E-state index contributed by atoms with van der Waals surface area (Å²) in [7, 11) is -3.65. The van der Waals surface area contributed by atoms with Gasteiger partial charge in [0.25, 0.3) is 5.91 Å². The number of carbonyl (C=O) groups excluding carboxylic acids is 1. The van der Waals surface area contributed by atoms with Gasteiger partial charge in [0.05, 0.1) is 5.02 Å². The van der Waals surface area contributed by atoms with Crippen molar-refractivity contribution in [2.45, 2.75) is 57.3 Å². The van der Waals surface area contributed by atoms with E-state index in [4.69, 9.17) is 11.6 Å². The van der Waals surface area contributed by atoms with E-state index in [0.717, 1.165) is 38.5 Å². The van der Waals surface area contributed by atoms with Crippen molar-refractivity contribution in [3.05, 3.63) is 28.8 Å².